The number of hydrogen-bond donors (Lipinski definition) is 1. The van der Waals surface area contributed by atoms with Gasteiger partial charge in [-0.1, -0.05) is 29.8 Å². The van der Waals surface area contributed by atoms with Crippen molar-refractivity contribution in [1.29, 1.82) is 0 Å². The standard InChI is InChI=1S/C14H15ClN2O2/c15-13-11(10-16)6-7-17-14(13)19-9-8-18-12-4-2-1-3-5-12/h1-7H,8-10,16H2. The first-order valence-electron chi connectivity index (χ1n) is 5.95. The average molecular weight is 279 g/mol. The number of hydrogen-bond acceptors (Lipinski definition) is 4. The Morgan fingerprint density at radius 3 is 2.53 bits per heavy atom. The van der Waals surface area contributed by atoms with Gasteiger partial charge < -0.3 is 15.2 Å². The van der Waals surface area contributed by atoms with Crippen molar-refractivity contribution in [2.24, 2.45) is 5.73 Å². The molecule has 100 valence electrons. The van der Waals surface area contributed by atoms with E-state index in [0.29, 0.717) is 30.7 Å². The topological polar surface area (TPSA) is 57.4 Å². The summed E-state index contributed by atoms with van der Waals surface area (Å²) in [7, 11) is 0. The van der Waals surface area contributed by atoms with Crippen LogP contribution in [0.1, 0.15) is 5.56 Å². The second kappa shape index (κ2) is 6.97. The second-order valence-corrected chi connectivity index (χ2v) is 4.18. The molecule has 0 bridgehead atoms. The highest BCUT2D eigenvalue weighted by Gasteiger charge is 2.07. The molecule has 1 heterocycles. The molecular formula is C14H15ClN2O2. The molecule has 1 aromatic heterocycles. The van der Waals surface area contributed by atoms with Gasteiger partial charge in [0.15, 0.2) is 0 Å². The Labute approximate surface area is 117 Å². The minimum absolute atomic E-state index is 0.359. The first-order chi connectivity index (χ1) is 9.31. The molecule has 0 saturated heterocycles. The molecule has 0 aliphatic heterocycles. The third-order valence-electron chi connectivity index (χ3n) is 2.49. The number of ether oxygens (including phenoxy) is 2. The molecule has 2 aromatic rings. The fourth-order valence-corrected chi connectivity index (χ4v) is 1.78. The Bertz CT molecular complexity index is 520. The molecule has 0 fully saturated rings. The van der Waals surface area contributed by atoms with Crippen molar-refractivity contribution >= 4 is 11.6 Å². The van der Waals surface area contributed by atoms with E-state index in [4.69, 9.17) is 26.8 Å². The van der Waals surface area contributed by atoms with Crippen LogP contribution in [0, 0.1) is 0 Å². The van der Waals surface area contributed by atoms with Gasteiger partial charge in [0.1, 0.15) is 24.0 Å². The predicted octanol–water partition coefficient (Wildman–Crippen LogP) is 2.65. The van der Waals surface area contributed by atoms with Gasteiger partial charge in [-0.3, -0.25) is 0 Å². The van der Waals surface area contributed by atoms with Crippen molar-refractivity contribution < 1.29 is 9.47 Å². The van der Waals surface area contributed by atoms with Crippen LogP contribution in [0.15, 0.2) is 42.6 Å². The number of para-hydroxylation sites is 1. The molecule has 0 atom stereocenters. The van der Waals surface area contributed by atoms with Gasteiger partial charge in [0.2, 0.25) is 5.88 Å². The molecule has 5 heteroatoms. The summed E-state index contributed by atoms with van der Waals surface area (Å²) >= 11 is 6.10. The lowest BCUT2D eigenvalue weighted by Crippen LogP contribution is -2.10. The third kappa shape index (κ3) is 3.84. The van der Waals surface area contributed by atoms with E-state index in [1.165, 1.54) is 0 Å². The van der Waals surface area contributed by atoms with Crippen molar-refractivity contribution in [1.82, 2.24) is 4.98 Å². The van der Waals surface area contributed by atoms with Crippen LogP contribution in [0.4, 0.5) is 0 Å². The fraction of sp³-hybridized carbons (Fsp3) is 0.214. The largest absolute Gasteiger partial charge is 0.490 e. The summed E-state index contributed by atoms with van der Waals surface area (Å²) < 4.78 is 11.0. The van der Waals surface area contributed by atoms with Crippen LogP contribution in [0.25, 0.3) is 0 Å². The van der Waals surface area contributed by atoms with E-state index in [-0.39, 0.29) is 0 Å². The van der Waals surface area contributed by atoms with Crippen LogP contribution in [0.3, 0.4) is 0 Å². The van der Waals surface area contributed by atoms with Gasteiger partial charge in [0, 0.05) is 12.7 Å². The maximum atomic E-state index is 6.10. The molecular weight excluding hydrogens is 264 g/mol. The molecule has 0 aliphatic carbocycles. The smallest absolute Gasteiger partial charge is 0.233 e. The van der Waals surface area contributed by atoms with Crippen LogP contribution in [-0.2, 0) is 6.54 Å². The highest BCUT2D eigenvalue weighted by atomic mass is 35.5. The number of nitrogens with zero attached hydrogens (tertiary/aromatic N) is 1. The number of halogens is 1. The molecule has 4 nitrogen and oxygen atoms in total. The van der Waals surface area contributed by atoms with E-state index < -0.39 is 0 Å². The van der Waals surface area contributed by atoms with Crippen LogP contribution >= 0.6 is 11.6 Å². The molecule has 1 aromatic carbocycles. The first kappa shape index (κ1) is 13.6. The van der Waals surface area contributed by atoms with E-state index in [9.17, 15) is 0 Å². The van der Waals surface area contributed by atoms with E-state index in [1.807, 2.05) is 30.3 Å². The second-order valence-electron chi connectivity index (χ2n) is 3.80. The first-order valence-corrected chi connectivity index (χ1v) is 6.33. The third-order valence-corrected chi connectivity index (χ3v) is 2.90. The van der Waals surface area contributed by atoms with Gasteiger partial charge >= 0.3 is 0 Å². The molecule has 19 heavy (non-hydrogen) atoms. The van der Waals surface area contributed by atoms with Gasteiger partial charge in [0.05, 0.1) is 0 Å². The molecule has 0 amide bonds. The lowest BCUT2D eigenvalue weighted by molar-refractivity contribution is 0.212. The number of pyridine rings is 1. The summed E-state index contributed by atoms with van der Waals surface area (Å²) in [5.74, 6) is 1.20. The summed E-state index contributed by atoms with van der Waals surface area (Å²) in [5, 5.41) is 0.463. The van der Waals surface area contributed by atoms with E-state index >= 15 is 0 Å². The van der Waals surface area contributed by atoms with Crippen molar-refractivity contribution in [3.05, 3.63) is 53.2 Å². The van der Waals surface area contributed by atoms with Gasteiger partial charge in [-0.15, -0.1) is 0 Å². The lowest BCUT2D eigenvalue weighted by Gasteiger charge is -2.10. The summed E-state index contributed by atoms with van der Waals surface area (Å²) in [6, 6.07) is 11.3. The number of benzene rings is 1. The van der Waals surface area contributed by atoms with Crippen molar-refractivity contribution in [3.63, 3.8) is 0 Å². The maximum absolute atomic E-state index is 6.10. The molecule has 0 unspecified atom stereocenters. The van der Waals surface area contributed by atoms with Crippen LogP contribution in [0.2, 0.25) is 5.02 Å². The Kier molecular flexibility index (Phi) is 5.01. The monoisotopic (exact) mass is 278 g/mol. The Morgan fingerprint density at radius 1 is 1.05 bits per heavy atom. The quantitative estimate of drug-likeness (QED) is 0.826. The zero-order chi connectivity index (χ0) is 13.5. The minimum Gasteiger partial charge on any atom is -0.490 e. The number of rotatable bonds is 6. The zero-order valence-electron chi connectivity index (χ0n) is 10.4. The van der Waals surface area contributed by atoms with Crippen LogP contribution < -0.4 is 15.2 Å². The maximum Gasteiger partial charge on any atom is 0.233 e. The number of aromatic nitrogens is 1. The van der Waals surface area contributed by atoms with Crippen molar-refractivity contribution in [3.8, 4) is 11.6 Å². The molecule has 0 aliphatic rings. The highest BCUT2D eigenvalue weighted by Crippen LogP contribution is 2.25. The van der Waals surface area contributed by atoms with Crippen molar-refractivity contribution in [2.45, 2.75) is 6.54 Å². The zero-order valence-corrected chi connectivity index (χ0v) is 11.1. The van der Waals surface area contributed by atoms with Gasteiger partial charge in [0.25, 0.3) is 0 Å². The van der Waals surface area contributed by atoms with Crippen LogP contribution in [-0.4, -0.2) is 18.2 Å². The molecule has 0 radical (unpaired) electrons. The SMILES string of the molecule is NCc1ccnc(OCCOc2ccccc2)c1Cl. The van der Waals surface area contributed by atoms with Gasteiger partial charge in [-0.25, -0.2) is 4.98 Å². The molecule has 2 N–H and O–H groups in total. The van der Waals surface area contributed by atoms with E-state index in [1.54, 1.807) is 12.3 Å². The van der Waals surface area contributed by atoms with Gasteiger partial charge in [-0.05, 0) is 23.8 Å². The predicted molar refractivity (Wildman–Crippen MR) is 74.6 cm³/mol. The molecule has 0 saturated carbocycles. The Hall–Kier alpha value is -1.78. The highest BCUT2D eigenvalue weighted by molar-refractivity contribution is 6.32. The average Bonchev–Trinajstić information content (AvgIpc) is 2.46. The minimum atomic E-state index is 0.359. The molecule has 2 rings (SSSR count). The Morgan fingerprint density at radius 2 is 1.79 bits per heavy atom. The van der Waals surface area contributed by atoms with Crippen LogP contribution in [0.5, 0.6) is 11.6 Å². The summed E-state index contributed by atoms with van der Waals surface area (Å²) in [6.07, 6.45) is 1.63. The summed E-state index contributed by atoms with van der Waals surface area (Å²) in [6.45, 7) is 1.16. The van der Waals surface area contributed by atoms with Crippen molar-refractivity contribution in [2.75, 3.05) is 13.2 Å². The summed E-state index contributed by atoms with van der Waals surface area (Å²) in [4.78, 5) is 4.07. The molecule has 0 spiro atoms. The lowest BCUT2D eigenvalue weighted by atomic mass is 10.3. The van der Waals surface area contributed by atoms with Gasteiger partial charge in [-0.2, -0.15) is 0 Å². The summed E-state index contributed by atoms with van der Waals surface area (Å²) in [5.41, 5.74) is 6.37. The van der Waals surface area contributed by atoms with E-state index in [2.05, 4.69) is 4.98 Å². The normalized spacial score (nSPS) is 10.2. The Balaban J connectivity index is 1.83. The van der Waals surface area contributed by atoms with E-state index in [0.717, 1.165) is 11.3 Å². The fourth-order valence-electron chi connectivity index (χ4n) is 1.53. The number of nitrogens with two attached hydrogens (primary N) is 1.